The standard InChI is InChI=1S/C18H20N10O6S2/c29-9(5-7-13(31)23-15(33)19-7)21-17-27-25-11(35-17)3-1-2-4-12-26-28-18(36-12)22-10(30)6-8-14(32)24-16(34)20-8/h31-32H,1-6H2,(H2,19,23,33)(H2,20,24,34)(H,21,27,29)(H,22,28,30). The lowest BCUT2D eigenvalue weighted by Crippen LogP contribution is -2.15. The molecular weight excluding hydrogens is 516 g/mol. The van der Waals surface area contributed by atoms with Crippen LogP contribution in [-0.2, 0) is 35.3 Å². The second-order valence-corrected chi connectivity index (χ2v) is 9.60. The molecule has 0 fully saturated rings. The summed E-state index contributed by atoms with van der Waals surface area (Å²) in [7, 11) is 0. The highest BCUT2D eigenvalue weighted by Crippen LogP contribution is 2.21. The highest BCUT2D eigenvalue weighted by atomic mass is 32.1. The smallest absolute Gasteiger partial charge is 0.325 e. The molecule has 36 heavy (non-hydrogen) atoms. The van der Waals surface area contributed by atoms with Crippen molar-refractivity contribution >= 4 is 44.8 Å². The van der Waals surface area contributed by atoms with Gasteiger partial charge < -0.3 is 30.8 Å². The average Bonchev–Trinajstić information content (AvgIpc) is 3.56. The number of unbranched alkanes of at least 4 members (excludes halogenated alkanes) is 1. The van der Waals surface area contributed by atoms with E-state index >= 15 is 0 Å². The first-order chi connectivity index (χ1) is 17.2. The Bertz CT molecular complexity index is 1370. The van der Waals surface area contributed by atoms with Gasteiger partial charge in [0.2, 0.25) is 33.8 Å². The highest BCUT2D eigenvalue weighted by Gasteiger charge is 2.15. The minimum atomic E-state index is -0.601. The number of hydrogen-bond acceptors (Lipinski definition) is 12. The second kappa shape index (κ2) is 11.0. The average molecular weight is 537 g/mol. The third-order valence-corrected chi connectivity index (χ3v) is 6.49. The van der Waals surface area contributed by atoms with E-state index in [2.05, 4.69) is 51.0 Å². The molecule has 16 nitrogen and oxygen atoms in total. The van der Waals surface area contributed by atoms with Gasteiger partial charge in [-0.1, -0.05) is 22.7 Å². The van der Waals surface area contributed by atoms with Gasteiger partial charge in [-0.2, -0.15) is 0 Å². The van der Waals surface area contributed by atoms with Crippen molar-refractivity contribution in [2.24, 2.45) is 0 Å². The van der Waals surface area contributed by atoms with E-state index in [0.29, 0.717) is 23.1 Å². The van der Waals surface area contributed by atoms with Gasteiger partial charge in [0, 0.05) is 12.8 Å². The van der Waals surface area contributed by atoms with Crippen molar-refractivity contribution in [3.05, 3.63) is 42.4 Å². The van der Waals surface area contributed by atoms with Gasteiger partial charge in [-0.05, 0) is 12.8 Å². The molecule has 0 aliphatic heterocycles. The summed E-state index contributed by atoms with van der Waals surface area (Å²) < 4.78 is 0. The molecule has 190 valence electrons. The fourth-order valence-corrected chi connectivity index (χ4v) is 4.68. The van der Waals surface area contributed by atoms with E-state index in [1.165, 1.54) is 22.7 Å². The molecule has 4 rings (SSSR count). The van der Waals surface area contributed by atoms with Gasteiger partial charge in [0.15, 0.2) is 0 Å². The molecule has 0 aliphatic rings. The molecule has 4 heterocycles. The van der Waals surface area contributed by atoms with Gasteiger partial charge in [0.05, 0.1) is 24.2 Å². The monoisotopic (exact) mass is 536 g/mol. The molecule has 0 aromatic carbocycles. The minimum Gasteiger partial charge on any atom is -0.493 e. The van der Waals surface area contributed by atoms with Crippen LogP contribution in [0.4, 0.5) is 10.3 Å². The Hall–Kier alpha value is -4.32. The fourth-order valence-electron chi connectivity index (χ4n) is 3.09. The fraction of sp³-hybridized carbons (Fsp3) is 0.333. The minimum absolute atomic E-state index is 0.0814. The van der Waals surface area contributed by atoms with Crippen molar-refractivity contribution in [3.8, 4) is 11.8 Å². The Morgan fingerprint density at radius 1 is 0.694 bits per heavy atom. The van der Waals surface area contributed by atoms with Crippen LogP contribution >= 0.6 is 22.7 Å². The maximum absolute atomic E-state index is 12.1. The van der Waals surface area contributed by atoms with Crippen molar-refractivity contribution in [2.75, 3.05) is 10.6 Å². The number of H-pyrrole nitrogens is 4. The number of hydrogen-bond donors (Lipinski definition) is 8. The van der Waals surface area contributed by atoms with Gasteiger partial charge in [0.25, 0.3) is 0 Å². The molecule has 0 aliphatic carbocycles. The van der Waals surface area contributed by atoms with Gasteiger partial charge in [0.1, 0.15) is 10.0 Å². The summed E-state index contributed by atoms with van der Waals surface area (Å²) in [6.45, 7) is 0. The number of rotatable bonds is 11. The molecule has 18 heteroatoms. The summed E-state index contributed by atoms with van der Waals surface area (Å²) in [5.74, 6) is -1.68. The summed E-state index contributed by atoms with van der Waals surface area (Å²) in [6, 6.07) is 0. The van der Waals surface area contributed by atoms with Gasteiger partial charge in [-0.3, -0.25) is 19.6 Å². The lowest BCUT2D eigenvalue weighted by Gasteiger charge is -1.99. The predicted molar refractivity (Wildman–Crippen MR) is 127 cm³/mol. The summed E-state index contributed by atoms with van der Waals surface area (Å²) in [5, 5.41) is 42.2. The van der Waals surface area contributed by atoms with Crippen LogP contribution in [0, 0.1) is 0 Å². The van der Waals surface area contributed by atoms with E-state index in [1.54, 1.807) is 0 Å². The topological polar surface area (TPSA) is 248 Å². The van der Waals surface area contributed by atoms with Gasteiger partial charge >= 0.3 is 11.4 Å². The molecule has 0 saturated heterocycles. The molecule has 0 radical (unpaired) electrons. The molecule has 0 saturated carbocycles. The summed E-state index contributed by atoms with van der Waals surface area (Å²) in [6.07, 6.45) is 2.39. The largest absolute Gasteiger partial charge is 0.493 e. The van der Waals surface area contributed by atoms with Crippen molar-refractivity contribution in [1.82, 2.24) is 40.3 Å². The molecule has 8 N–H and O–H groups in total. The molecule has 4 aromatic rings. The number of nitrogens with one attached hydrogen (secondary N) is 6. The number of nitrogens with zero attached hydrogens (tertiary/aromatic N) is 4. The van der Waals surface area contributed by atoms with Crippen molar-refractivity contribution in [1.29, 1.82) is 0 Å². The number of anilines is 2. The van der Waals surface area contributed by atoms with Crippen LogP contribution in [0.2, 0.25) is 0 Å². The summed E-state index contributed by atoms with van der Waals surface area (Å²) in [4.78, 5) is 55.3. The SMILES string of the molecule is O=C(Cc1[nH]c(=O)[nH]c1O)Nc1nnc(CCCCc2nnc(NC(=O)Cc3[nH]c(=O)[nH]c3O)s2)s1. The van der Waals surface area contributed by atoms with E-state index < -0.39 is 23.2 Å². The number of aromatic nitrogens is 8. The van der Waals surface area contributed by atoms with Crippen LogP contribution in [0.5, 0.6) is 11.8 Å². The maximum atomic E-state index is 12.1. The number of carbonyl (C=O) groups excluding carboxylic acids is 2. The quantitative estimate of drug-likeness (QED) is 0.117. The first-order valence-corrected chi connectivity index (χ1v) is 12.1. The van der Waals surface area contributed by atoms with Crippen LogP contribution in [0.3, 0.4) is 0 Å². The van der Waals surface area contributed by atoms with Crippen LogP contribution in [-0.4, -0.2) is 62.4 Å². The van der Waals surface area contributed by atoms with Crippen LogP contribution in [0.15, 0.2) is 9.59 Å². The Morgan fingerprint density at radius 3 is 1.47 bits per heavy atom. The zero-order chi connectivity index (χ0) is 25.7. The first kappa shape index (κ1) is 24.8. The van der Waals surface area contributed by atoms with Crippen molar-refractivity contribution in [3.63, 3.8) is 0 Å². The number of aromatic hydroxyl groups is 2. The molecule has 0 spiro atoms. The summed E-state index contributed by atoms with van der Waals surface area (Å²) >= 11 is 2.46. The normalized spacial score (nSPS) is 11.0. The van der Waals surface area contributed by atoms with Crippen molar-refractivity contribution in [2.45, 2.75) is 38.5 Å². The molecule has 0 unspecified atom stereocenters. The van der Waals surface area contributed by atoms with Gasteiger partial charge in [-0.25, -0.2) is 9.59 Å². The van der Waals surface area contributed by atoms with E-state index in [-0.39, 0.29) is 36.0 Å². The van der Waals surface area contributed by atoms with Gasteiger partial charge in [-0.15, -0.1) is 20.4 Å². The number of imidazole rings is 2. The van der Waals surface area contributed by atoms with E-state index in [1.807, 2.05) is 0 Å². The maximum Gasteiger partial charge on any atom is 0.325 e. The molecule has 4 aromatic heterocycles. The summed E-state index contributed by atoms with van der Waals surface area (Å²) in [5.41, 5.74) is -1.04. The Morgan fingerprint density at radius 2 is 1.11 bits per heavy atom. The zero-order valence-corrected chi connectivity index (χ0v) is 20.0. The third kappa shape index (κ3) is 6.63. The van der Waals surface area contributed by atoms with Crippen LogP contribution < -0.4 is 22.0 Å². The Balaban J connectivity index is 1.17. The number of aromatic amines is 4. The lowest BCUT2D eigenvalue weighted by atomic mass is 10.2. The van der Waals surface area contributed by atoms with Crippen molar-refractivity contribution < 1.29 is 19.8 Å². The molecular formula is C18H20N10O6S2. The van der Waals surface area contributed by atoms with E-state index in [0.717, 1.165) is 22.9 Å². The number of aryl methyl sites for hydroxylation is 2. The molecule has 0 bridgehead atoms. The van der Waals surface area contributed by atoms with E-state index in [9.17, 15) is 29.4 Å². The Kier molecular flexibility index (Phi) is 7.54. The second-order valence-electron chi connectivity index (χ2n) is 7.47. The first-order valence-electron chi connectivity index (χ1n) is 10.5. The highest BCUT2D eigenvalue weighted by molar-refractivity contribution is 7.15. The van der Waals surface area contributed by atoms with Crippen LogP contribution in [0.1, 0.15) is 34.2 Å². The molecule has 0 atom stereocenters. The third-order valence-electron chi connectivity index (χ3n) is 4.70. The molecule has 2 amide bonds. The number of carbonyl (C=O) groups is 2. The Labute approximate surface area is 208 Å². The van der Waals surface area contributed by atoms with E-state index in [4.69, 9.17) is 0 Å². The number of amides is 2. The lowest BCUT2D eigenvalue weighted by molar-refractivity contribution is -0.116. The zero-order valence-electron chi connectivity index (χ0n) is 18.4. The predicted octanol–water partition coefficient (Wildman–Crippen LogP) is -0.239. The van der Waals surface area contributed by atoms with Crippen LogP contribution in [0.25, 0.3) is 0 Å².